The summed E-state index contributed by atoms with van der Waals surface area (Å²) < 4.78 is 9.88. The Bertz CT molecular complexity index is 631. The van der Waals surface area contributed by atoms with E-state index in [1.807, 2.05) is 0 Å². The number of nitriles is 1. The molecule has 96 valence electrons. The highest BCUT2D eigenvalue weighted by molar-refractivity contribution is 7.98. The van der Waals surface area contributed by atoms with Crippen LogP contribution in [0.4, 0.5) is 0 Å². The highest BCUT2D eigenvalue weighted by atomic mass is 32.2. The molecule has 5 nitrogen and oxygen atoms in total. The Balaban J connectivity index is 2.00. The second kappa shape index (κ2) is 6.07. The lowest BCUT2D eigenvalue weighted by Crippen LogP contribution is -1.98. The number of hydrogen-bond acceptors (Lipinski definition) is 6. The quantitative estimate of drug-likeness (QED) is 0.630. The number of carbonyl (C=O) groups is 1. The summed E-state index contributed by atoms with van der Waals surface area (Å²) in [5.41, 5.74) is 0.562. The largest absolute Gasteiger partial charge is 0.463 e. The number of esters is 1. The number of pyridine rings is 1. The molecule has 2 aromatic rings. The fourth-order valence-electron chi connectivity index (χ4n) is 1.37. The minimum atomic E-state index is -0.499. The van der Waals surface area contributed by atoms with Crippen LogP contribution in [0.15, 0.2) is 39.9 Å². The van der Waals surface area contributed by atoms with Gasteiger partial charge in [-0.15, -0.1) is 0 Å². The Morgan fingerprint density at radius 3 is 3.11 bits per heavy atom. The first-order chi connectivity index (χ1) is 9.22. The highest BCUT2D eigenvalue weighted by Gasteiger charge is 2.11. The van der Waals surface area contributed by atoms with Gasteiger partial charge >= 0.3 is 5.97 Å². The number of carbonyl (C=O) groups excluding carboxylic acids is 1. The second-order valence-electron chi connectivity index (χ2n) is 3.54. The van der Waals surface area contributed by atoms with Crippen molar-refractivity contribution in [2.45, 2.75) is 10.8 Å². The van der Waals surface area contributed by atoms with Crippen LogP contribution in [-0.4, -0.2) is 18.1 Å². The molecule has 2 rings (SSSR count). The molecule has 2 heterocycles. The van der Waals surface area contributed by atoms with Crippen LogP contribution in [0.2, 0.25) is 0 Å². The smallest absolute Gasteiger partial charge is 0.373 e. The predicted octanol–water partition coefficient (Wildman–Crippen LogP) is 2.63. The number of methoxy groups -OCH3 is 1. The van der Waals surface area contributed by atoms with E-state index in [9.17, 15) is 4.79 Å². The Labute approximate surface area is 114 Å². The van der Waals surface area contributed by atoms with Crippen molar-refractivity contribution in [2.75, 3.05) is 7.11 Å². The number of aromatic nitrogens is 1. The topological polar surface area (TPSA) is 76.1 Å². The van der Waals surface area contributed by atoms with Crippen LogP contribution in [0, 0.1) is 11.3 Å². The molecule has 0 aliphatic rings. The molecule has 0 spiro atoms. The van der Waals surface area contributed by atoms with Crippen LogP contribution in [-0.2, 0) is 10.5 Å². The van der Waals surface area contributed by atoms with Crippen LogP contribution in [0.3, 0.4) is 0 Å². The zero-order chi connectivity index (χ0) is 13.7. The maximum Gasteiger partial charge on any atom is 0.373 e. The monoisotopic (exact) mass is 274 g/mol. The van der Waals surface area contributed by atoms with Gasteiger partial charge in [0.25, 0.3) is 0 Å². The number of rotatable bonds is 4. The lowest BCUT2D eigenvalue weighted by atomic mass is 10.3. The van der Waals surface area contributed by atoms with Crippen LogP contribution in [0.1, 0.15) is 21.9 Å². The van der Waals surface area contributed by atoms with E-state index in [2.05, 4.69) is 15.8 Å². The van der Waals surface area contributed by atoms with Gasteiger partial charge in [0, 0.05) is 6.20 Å². The number of thioether (sulfide) groups is 1. The summed E-state index contributed by atoms with van der Waals surface area (Å²) in [6.07, 6.45) is 1.59. The standard InChI is InChI=1S/C13H10N2O3S/c1-17-13(16)11-3-2-10(18-11)8-19-12-6-9(7-14)4-5-15-12/h2-6H,8H2,1H3. The van der Waals surface area contributed by atoms with E-state index in [1.54, 1.807) is 30.5 Å². The van der Waals surface area contributed by atoms with Crippen molar-refractivity contribution in [1.29, 1.82) is 5.26 Å². The summed E-state index contributed by atoms with van der Waals surface area (Å²) in [4.78, 5) is 15.4. The molecular weight excluding hydrogens is 264 g/mol. The molecule has 0 aliphatic carbocycles. The van der Waals surface area contributed by atoms with Gasteiger partial charge in [-0.1, -0.05) is 11.8 Å². The van der Waals surface area contributed by atoms with E-state index in [0.717, 1.165) is 5.03 Å². The molecular formula is C13H10N2O3S. The summed E-state index contributed by atoms with van der Waals surface area (Å²) in [5.74, 6) is 0.853. The molecule has 0 saturated carbocycles. The van der Waals surface area contributed by atoms with Gasteiger partial charge in [-0.05, 0) is 24.3 Å². The summed E-state index contributed by atoms with van der Waals surface area (Å²) in [6.45, 7) is 0. The van der Waals surface area contributed by atoms with Gasteiger partial charge in [0.2, 0.25) is 5.76 Å². The normalized spacial score (nSPS) is 9.89. The zero-order valence-electron chi connectivity index (χ0n) is 10.1. The first-order valence-corrected chi connectivity index (χ1v) is 6.37. The van der Waals surface area contributed by atoms with E-state index in [0.29, 0.717) is 17.1 Å². The molecule has 0 atom stereocenters. The van der Waals surface area contributed by atoms with E-state index >= 15 is 0 Å². The number of ether oxygens (including phenoxy) is 1. The maximum atomic E-state index is 11.2. The van der Waals surface area contributed by atoms with Gasteiger partial charge in [-0.25, -0.2) is 9.78 Å². The van der Waals surface area contributed by atoms with Crippen molar-refractivity contribution in [3.63, 3.8) is 0 Å². The van der Waals surface area contributed by atoms with E-state index in [4.69, 9.17) is 9.68 Å². The molecule has 2 aromatic heterocycles. The third-order valence-electron chi connectivity index (χ3n) is 2.27. The van der Waals surface area contributed by atoms with Crippen molar-refractivity contribution >= 4 is 17.7 Å². The Morgan fingerprint density at radius 2 is 2.37 bits per heavy atom. The van der Waals surface area contributed by atoms with Crippen LogP contribution >= 0.6 is 11.8 Å². The summed E-state index contributed by atoms with van der Waals surface area (Å²) >= 11 is 1.43. The Morgan fingerprint density at radius 1 is 1.53 bits per heavy atom. The molecule has 6 heteroatoms. The van der Waals surface area contributed by atoms with Crippen molar-refractivity contribution in [3.8, 4) is 6.07 Å². The van der Waals surface area contributed by atoms with Gasteiger partial charge in [-0.3, -0.25) is 0 Å². The van der Waals surface area contributed by atoms with Crippen LogP contribution in [0.5, 0.6) is 0 Å². The molecule has 19 heavy (non-hydrogen) atoms. The van der Waals surface area contributed by atoms with Crippen molar-refractivity contribution in [2.24, 2.45) is 0 Å². The van der Waals surface area contributed by atoms with Gasteiger partial charge in [0.05, 0.1) is 29.5 Å². The Kier molecular flexibility index (Phi) is 4.21. The van der Waals surface area contributed by atoms with E-state index in [-0.39, 0.29) is 5.76 Å². The first kappa shape index (κ1) is 13.2. The fourth-order valence-corrected chi connectivity index (χ4v) is 2.16. The van der Waals surface area contributed by atoms with Crippen molar-refractivity contribution in [3.05, 3.63) is 47.5 Å². The average molecular weight is 274 g/mol. The molecule has 0 N–H and O–H groups in total. The lowest BCUT2D eigenvalue weighted by Gasteiger charge is -1.99. The van der Waals surface area contributed by atoms with Crippen molar-refractivity contribution in [1.82, 2.24) is 4.98 Å². The molecule has 0 amide bonds. The molecule has 0 aliphatic heterocycles. The minimum Gasteiger partial charge on any atom is -0.463 e. The predicted molar refractivity (Wildman–Crippen MR) is 68.6 cm³/mol. The Hall–Kier alpha value is -2.26. The van der Waals surface area contributed by atoms with E-state index < -0.39 is 5.97 Å². The fraction of sp³-hybridized carbons (Fsp3) is 0.154. The number of furan rings is 1. The minimum absolute atomic E-state index is 0.178. The van der Waals surface area contributed by atoms with Gasteiger partial charge < -0.3 is 9.15 Å². The van der Waals surface area contributed by atoms with Crippen molar-refractivity contribution < 1.29 is 13.9 Å². The summed E-state index contributed by atoms with van der Waals surface area (Å²) in [7, 11) is 1.30. The lowest BCUT2D eigenvalue weighted by molar-refractivity contribution is 0.0563. The maximum absolute atomic E-state index is 11.2. The van der Waals surface area contributed by atoms with E-state index in [1.165, 1.54) is 18.9 Å². The zero-order valence-corrected chi connectivity index (χ0v) is 10.9. The summed E-state index contributed by atoms with van der Waals surface area (Å²) in [6, 6.07) is 8.69. The second-order valence-corrected chi connectivity index (χ2v) is 4.54. The van der Waals surface area contributed by atoms with Crippen LogP contribution in [0.25, 0.3) is 0 Å². The third-order valence-corrected chi connectivity index (χ3v) is 3.22. The van der Waals surface area contributed by atoms with Gasteiger partial charge in [0.15, 0.2) is 0 Å². The average Bonchev–Trinajstić information content (AvgIpc) is 2.93. The highest BCUT2D eigenvalue weighted by Crippen LogP contribution is 2.22. The molecule has 0 aromatic carbocycles. The number of nitrogens with zero attached hydrogens (tertiary/aromatic N) is 2. The number of hydrogen-bond donors (Lipinski definition) is 0. The third kappa shape index (κ3) is 3.36. The molecule has 0 unspecified atom stereocenters. The summed E-state index contributed by atoms with van der Waals surface area (Å²) in [5, 5.41) is 9.51. The SMILES string of the molecule is COC(=O)c1ccc(CSc2cc(C#N)ccn2)o1. The molecule has 0 saturated heterocycles. The first-order valence-electron chi connectivity index (χ1n) is 5.39. The molecule has 0 radical (unpaired) electrons. The molecule has 0 bridgehead atoms. The van der Waals surface area contributed by atoms with Gasteiger partial charge in [0.1, 0.15) is 5.76 Å². The van der Waals surface area contributed by atoms with Gasteiger partial charge in [-0.2, -0.15) is 5.26 Å². The van der Waals surface area contributed by atoms with Crippen LogP contribution < -0.4 is 0 Å². The molecule has 0 fully saturated rings.